The molecule has 0 aliphatic carbocycles. The number of thiazole rings is 2. The monoisotopic (exact) mass is 756 g/mol. The van der Waals surface area contributed by atoms with E-state index in [1.807, 2.05) is 45.0 Å². The van der Waals surface area contributed by atoms with E-state index in [4.69, 9.17) is 9.84 Å². The highest BCUT2D eigenvalue weighted by Crippen LogP contribution is 2.35. The molecule has 0 saturated carbocycles. The van der Waals surface area contributed by atoms with E-state index in [0.29, 0.717) is 13.2 Å². The van der Waals surface area contributed by atoms with Gasteiger partial charge < -0.3 is 19.6 Å². The number of ether oxygens (including phenoxy) is 1. The Morgan fingerprint density at radius 2 is 1.24 bits per heavy atom. The Kier molecular flexibility index (Phi) is 18.6. The predicted octanol–water partition coefficient (Wildman–Crippen LogP) is 8.51. The number of rotatable bonds is 10. The number of fused-ring (bicyclic) bond motifs is 2. The van der Waals surface area contributed by atoms with Crippen LogP contribution in [0, 0.1) is 0 Å². The zero-order valence-electron chi connectivity index (χ0n) is 23.6. The smallest absolute Gasteiger partial charge is 0.187 e. The molecular formula is C28H45IN4O4S4. The van der Waals surface area contributed by atoms with E-state index in [9.17, 15) is 9.59 Å². The summed E-state index contributed by atoms with van der Waals surface area (Å²) in [6, 6.07) is 3.82. The number of alkyl halides is 1. The maximum Gasteiger partial charge on any atom is 0.187 e. The standard InChI is InChI=1S/C13H18N2O2S2.C10H12N2O2S2.C3H7I.2CH4/c1-8(2)17-6-5-15(4)13-14-12-11(19-13)7-10(18-12)9(3)16;1-6(14)7-5-8-9(15-7)11-10(16-8)12(2)3-4-13;1-3(2)4;;/h7-8H,5-6H2,1-4H3;5,13H,3-4H2,1-2H3;3H,1-2H3;2*1H4. The first-order valence-corrected chi connectivity index (χ1v) is 16.9. The van der Waals surface area contributed by atoms with Gasteiger partial charge in [0.05, 0.1) is 38.5 Å². The van der Waals surface area contributed by atoms with Gasteiger partial charge in [0.15, 0.2) is 21.8 Å². The number of carbonyl (C=O) groups excluding carboxylic acids is 2. The lowest BCUT2D eigenvalue weighted by Gasteiger charge is -2.16. The summed E-state index contributed by atoms with van der Waals surface area (Å²) in [5.74, 6) is 0.191. The SMILES string of the molecule is C.C.CC(=O)c1cc2sc(N(C)CCO)nc2s1.CC(=O)c1cc2sc(N(C)CCOC(C)C)nc2s1.CC(C)I. The van der Waals surface area contributed by atoms with E-state index in [1.54, 1.807) is 36.5 Å². The quantitative estimate of drug-likeness (QED) is 0.0979. The number of hydrogen-bond acceptors (Lipinski definition) is 12. The summed E-state index contributed by atoms with van der Waals surface area (Å²) in [6.07, 6.45) is 0.256. The van der Waals surface area contributed by atoms with Crippen molar-refractivity contribution in [2.45, 2.75) is 66.4 Å². The van der Waals surface area contributed by atoms with Crippen LogP contribution in [0.5, 0.6) is 0 Å². The van der Waals surface area contributed by atoms with Crippen molar-refractivity contribution in [2.24, 2.45) is 0 Å². The Bertz CT molecular complexity index is 1280. The van der Waals surface area contributed by atoms with Gasteiger partial charge in [0.1, 0.15) is 9.66 Å². The first kappa shape index (κ1) is 39.8. The molecule has 4 heterocycles. The molecular weight excluding hydrogens is 712 g/mol. The maximum atomic E-state index is 11.3. The molecule has 0 atom stereocenters. The van der Waals surface area contributed by atoms with Crippen LogP contribution in [-0.2, 0) is 4.74 Å². The lowest BCUT2D eigenvalue weighted by Crippen LogP contribution is -2.23. The second-order valence-corrected chi connectivity index (χ2v) is 15.7. The van der Waals surface area contributed by atoms with Gasteiger partial charge in [-0.2, -0.15) is 0 Å². The molecule has 0 radical (unpaired) electrons. The van der Waals surface area contributed by atoms with Crippen LogP contribution in [0.2, 0.25) is 0 Å². The summed E-state index contributed by atoms with van der Waals surface area (Å²) in [5.41, 5.74) is 0. The fraction of sp³-hybridized carbons (Fsp3) is 0.571. The minimum Gasteiger partial charge on any atom is -0.395 e. The van der Waals surface area contributed by atoms with Crippen LogP contribution in [0.15, 0.2) is 12.1 Å². The summed E-state index contributed by atoms with van der Waals surface area (Å²) in [6.45, 7) is 13.7. The molecule has 4 rings (SSSR count). The Morgan fingerprint density at radius 1 is 0.854 bits per heavy atom. The Balaban J connectivity index is 0.000000668. The van der Waals surface area contributed by atoms with Crippen LogP contribution in [0.4, 0.5) is 10.3 Å². The molecule has 0 aliphatic rings. The molecule has 0 bridgehead atoms. The number of thiophene rings is 2. The molecule has 0 amide bonds. The van der Waals surface area contributed by atoms with Gasteiger partial charge in [-0.15, -0.1) is 22.7 Å². The van der Waals surface area contributed by atoms with Crippen molar-refractivity contribution in [1.82, 2.24) is 9.97 Å². The fourth-order valence-corrected chi connectivity index (χ4v) is 7.07. The van der Waals surface area contributed by atoms with Gasteiger partial charge in [-0.1, -0.05) is 74.0 Å². The van der Waals surface area contributed by atoms with Crippen molar-refractivity contribution in [3.63, 3.8) is 0 Å². The van der Waals surface area contributed by atoms with Gasteiger partial charge >= 0.3 is 0 Å². The van der Waals surface area contributed by atoms with Gasteiger partial charge in [-0.3, -0.25) is 9.59 Å². The van der Waals surface area contributed by atoms with Crippen LogP contribution >= 0.6 is 67.9 Å². The number of nitrogens with zero attached hydrogens (tertiary/aromatic N) is 4. The number of aromatic nitrogens is 2. The normalized spacial score (nSPS) is 10.4. The van der Waals surface area contributed by atoms with Crippen molar-refractivity contribution in [1.29, 1.82) is 0 Å². The molecule has 0 spiro atoms. The number of anilines is 2. The molecule has 0 saturated heterocycles. The topological polar surface area (TPSA) is 95.9 Å². The summed E-state index contributed by atoms with van der Waals surface area (Å²) in [5, 5.41) is 10.7. The summed E-state index contributed by atoms with van der Waals surface area (Å²) in [4.78, 5) is 38.9. The van der Waals surface area contributed by atoms with Crippen LogP contribution in [-0.4, -0.2) is 77.1 Å². The van der Waals surface area contributed by atoms with Crippen LogP contribution in [0.25, 0.3) is 19.1 Å². The number of aliphatic hydroxyl groups excluding tert-OH is 1. The molecule has 0 unspecified atom stereocenters. The van der Waals surface area contributed by atoms with Gasteiger partial charge in [0.25, 0.3) is 0 Å². The highest BCUT2D eigenvalue weighted by Gasteiger charge is 2.14. The van der Waals surface area contributed by atoms with E-state index in [0.717, 1.165) is 49.5 Å². The van der Waals surface area contributed by atoms with Gasteiger partial charge in [-0.05, 0) is 39.8 Å². The van der Waals surface area contributed by atoms with Crippen molar-refractivity contribution in [2.75, 3.05) is 50.2 Å². The molecule has 0 aromatic carbocycles. The van der Waals surface area contributed by atoms with Crippen molar-refractivity contribution in [3.05, 3.63) is 21.9 Å². The largest absolute Gasteiger partial charge is 0.395 e. The molecule has 8 nitrogen and oxygen atoms in total. The maximum absolute atomic E-state index is 11.3. The average molecular weight is 757 g/mol. The third kappa shape index (κ3) is 12.9. The molecule has 4 aromatic heterocycles. The molecule has 1 N–H and O–H groups in total. The van der Waals surface area contributed by atoms with E-state index in [1.165, 1.54) is 22.7 Å². The number of halogens is 1. The lowest BCUT2D eigenvalue weighted by molar-refractivity contribution is 0.0846. The number of aliphatic hydroxyl groups is 1. The first-order chi connectivity index (χ1) is 18.3. The summed E-state index contributed by atoms with van der Waals surface area (Å²) in [7, 11) is 3.91. The first-order valence-electron chi connectivity index (χ1n) is 12.4. The molecule has 4 aromatic rings. The number of likely N-dealkylation sites (N-methyl/N-ethyl adjacent to an activating group) is 2. The highest BCUT2D eigenvalue weighted by atomic mass is 127. The molecule has 13 heteroatoms. The lowest BCUT2D eigenvalue weighted by atomic mass is 10.4. The molecule has 232 valence electrons. The third-order valence-electron chi connectivity index (χ3n) is 4.82. The van der Waals surface area contributed by atoms with Gasteiger partial charge in [-0.25, -0.2) is 9.97 Å². The molecule has 41 heavy (non-hydrogen) atoms. The molecule has 0 fully saturated rings. The molecule has 0 aliphatic heterocycles. The average Bonchev–Trinajstić information content (AvgIpc) is 3.57. The number of ketones is 2. The highest BCUT2D eigenvalue weighted by molar-refractivity contribution is 14.1. The van der Waals surface area contributed by atoms with E-state index in [-0.39, 0.29) is 39.1 Å². The minimum absolute atomic E-state index is 0. The zero-order chi connectivity index (χ0) is 29.3. The third-order valence-corrected chi connectivity index (χ3v) is 9.57. The van der Waals surface area contributed by atoms with Gasteiger partial charge in [0.2, 0.25) is 0 Å². The van der Waals surface area contributed by atoms with Crippen LogP contribution < -0.4 is 9.80 Å². The number of Topliss-reactive ketones (excluding diaryl/α,β-unsaturated/α-hetero) is 2. The van der Waals surface area contributed by atoms with Crippen LogP contribution in [0.1, 0.15) is 75.7 Å². The van der Waals surface area contributed by atoms with E-state index in [2.05, 4.69) is 51.3 Å². The van der Waals surface area contributed by atoms with E-state index >= 15 is 0 Å². The fourth-order valence-electron chi connectivity index (χ4n) is 2.89. The second-order valence-electron chi connectivity index (χ2n) is 9.17. The number of hydrogen-bond donors (Lipinski definition) is 1. The Hall–Kier alpha value is -1.23. The minimum atomic E-state index is 0. The Morgan fingerprint density at radius 3 is 1.56 bits per heavy atom. The van der Waals surface area contributed by atoms with E-state index < -0.39 is 0 Å². The summed E-state index contributed by atoms with van der Waals surface area (Å²) < 4.78 is 8.46. The zero-order valence-corrected chi connectivity index (χ0v) is 29.0. The van der Waals surface area contributed by atoms with Crippen molar-refractivity contribution in [3.8, 4) is 0 Å². The predicted molar refractivity (Wildman–Crippen MR) is 192 cm³/mol. The van der Waals surface area contributed by atoms with Gasteiger partial charge in [0, 0.05) is 31.1 Å². The Labute approximate surface area is 274 Å². The number of carbonyl (C=O) groups is 2. The van der Waals surface area contributed by atoms with Crippen molar-refractivity contribution < 1.29 is 19.4 Å². The second kappa shape index (κ2) is 19.1. The summed E-state index contributed by atoms with van der Waals surface area (Å²) >= 11 is 8.40. The van der Waals surface area contributed by atoms with Crippen molar-refractivity contribution >= 4 is 109 Å². The van der Waals surface area contributed by atoms with Crippen LogP contribution in [0.3, 0.4) is 0 Å².